The average Bonchev–Trinajstić information content (AvgIpc) is 3.23. The van der Waals surface area contributed by atoms with Crippen LogP contribution in [0.15, 0.2) is 33.8 Å². The van der Waals surface area contributed by atoms with Crippen molar-refractivity contribution in [2.24, 2.45) is 4.99 Å². The molecule has 0 aliphatic rings. The first kappa shape index (κ1) is 24.6. The molecule has 0 aliphatic heterocycles. The second-order valence-corrected chi connectivity index (χ2v) is 10.3. The first-order chi connectivity index (χ1) is 15.6. The molecule has 0 atom stereocenters. The number of fused-ring (bicyclic) bond motifs is 1. The molecule has 0 fully saturated rings. The van der Waals surface area contributed by atoms with Gasteiger partial charge in [-0.15, -0.1) is 0 Å². The molecule has 3 aromatic rings. The maximum atomic E-state index is 12.4. The van der Waals surface area contributed by atoms with Crippen LogP contribution in [0.3, 0.4) is 0 Å². The number of carbonyl (C=O) groups is 3. The second kappa shape index (κ2) is 10.3. The van der Waals surface area contributed by atoms with Crippen LogP contribution in [0.2, 0.25) is 5.02 Å². The molecular weight excluding hydrogens is 496 g/mol. The molecule has 176 valence electrons. The summed E-state index contributed by atoms with van der Waals surface area (Å²) < 4.78 is 36.5. The van der Waals surface area contributed by atoms with Crippen molar-refractivity contribution in [3.05, 3.63) is 39.8 Å². The van der Waals surface area contributed by atoms with Crippen LogP contribution >= 0.6 is 22.9 Å². The number of hydrogen-bond acceptors (Lipinski definition) is 9. The third-order valence-electron chi connectivity index (χ3n) is 4.05. The van der Waals surface area contributed by atoms with Gasteiger partial charge in [0.1, 0.15) is 23.8 Å². The van der Waals surface area contributed by atoms with Gasteiger partial charge in [-0.3, -0.25) is 14.4 Å². The van der Waals surface area contributed by atoms with E-state index in [9.17, 15) is 22.8 Å². The van der Waals surface area contributed by atoms with Crippen LogP contribution < -0.4 is 10.1 Å². The molecule has 0 unspecified atom stereocenters. The molecule has 11 nitrogen and oxygen atoms in total. The Labute approximate surface area is 196 Å². The van der Waals surface area contributed by atoms with Crippen LogP contribution in [0.5, 0.6) is 0 Å². The summed E-state index contributed by atoms with van der Waals surface area (Å²) in [6.45, 7) is 3.21. The first-order valence-electron chi connectivity index (χ1n) is 9.52. The molecule has 2 heterocycles. The molecule has 0 radical (unpaired) electrons. The normalized spacial score (nSPS) is 12.2. The van der Waals surface area contributed by atoms with Gasteiger partial charge < -0.3 is 19.1 Å². The van der Waals surface area contributed by atoms with Crippen molar-refractivity contribution < 1.29 is 32.1 Å². The number of carbonyl (C=O) groups excluding carboxylic acids is 3. The van der Waals surface area contributed by atoms with E-state index in [0.717, 1.165) is 11.3 Å². The van der Waals surface area contributed by atoms with Gasteiger partial charge in [0.15, 0.2) is 20.5 Å². The third kappa shape index (κ3) is 6.73. The molecule has 2 amide bonds. The quantitative estimate of drug-likeness (QED) is 0.446. The lowest BCUT2D eigenvalue weighted by Crippen LogP contribution is -2.28. The van der Waals surface area contributed by atoms with Crippen LogP contribution in [-0.2, 0) is 35.5 Å². The molecule has 1 N–H and O–H groups in total. The minimum absolute atomic E-state index is 0.0626. The highest BCUT2D eigenvalue weighted by Gasteiger charge is 2.22. The number of nitrogens with one attached hydrogen (secondary N) is 1. The number of amides is 2. The molecule has 0 saturated heterocycles. The Morgan fingerprint density at radius 2 is 2.03 bits per heavy atom. The minimum atomic E-state index is -4.13. The summed E-state index contributed by atoms with van der Waals surface area (Å²) in [7, 11) is -4.13. The van der Waals surface area contributed by atoms with Crippen molar-refractivity contribution >= 4 is 66.6 Å². The zero-order chi connectivity index (χ0) is 24.2. The van der Waals surface area contributed by atoms with E-state index in [1.165, 1.54) is 10.6 Å². The molecule has 3 rings (SSSR count). The Hall–Kier alpha value is -3.03. The number of halogens is 1. The number of thiazole rings is 1. The molecular formula is C19H19ClN4O7S2. The van der Waals surface area contributed by atoms with Crippen LogP contribution in [0.4, 0.5) is 5.82 Å². The molecule has 0 aliphatic carbocycles. The number of nitrogens with zero attached hydrogens (tertiary/aromatic N) is 3. The monoisotopic (exact) mass is 514 g/mol. The van der Waals surface area contributed by atoms with Crippen LogP contribution in [0, 0.1) is 6.92 Å². The van der Waals surface area contributed by atoms with Crippen LogP contribution in [0.1, 0.15) is 12.7 Å². The molecule has 33 heavy (non-hydrogen) atoms. The predicted octanol–water partition coefficient (Wildman–Crippen LogP) is 1.70. The largest absolute Gasteiger partial charge is 0.465 e. The van der Waals surface area contributed by atoms with Crippen molar-refractivity contribution in [2.45, 2.75) is 20.4 Å². The fraction of sp³-hybridized carbons (Fsp3) is 0.316. The van der Waals surface area contributed by atoms with E-state index in [0.29, 0.717) is 21.0 Å². The van der Waals surface area contributed by atoms with Gasteiger partial charge in [0.25, 0.3) is 5.91 Å². The number of ether oxygens (including phenoxy) is 1. The Morgan fingerprint density at radius 3 is 2.70 bits per heavy atom. The third-order valence-corrected chi connectivity index (χ3v) is 6.71. The zero-order valence-electron chi connectivity index (χ0n) is 17.5. The van der Waals surface area contributed by atoms with Gasteiger partial charge in [0.05, 0.1) is 16.8 Å². The highest BCUT2D eigenvalue weighted by atomic mass is 35.5. The number of esters is 1. The van der Waals surface area contributed by atoms with E-state index < -0.39 is 39.1 Å². The summed E-state index contributed by atoms with van der Waals surface area (Å²) in [6, 6.07) is 6.33. The molecule has 0 spiro atoms. The highest BCUT2D eigenvalue weighted by Crippen LogP contribution is 2.22. The summed E-state index contributed by atoms with van der Waals surface area (Å²) in [4.78, 5) is 40.4. The average molecular weight is 515 g/mol. The molecule has 0 saturated carbocycles. The first-order valence-corrected chi connectivity index (χ1v) is 12.5. The molecule has 1 aromatic carbocycles. The van der Waals surface area contributed by atoms with Gasteiger partial charge in [-0.05, 0) is 32.0 Å². The summed E-state index contributed by atoms with van der Waals surface area (Å²) >= 11 is 7.08. The standard InChI is InChI=1S/C19H19ClN4O7S2/c1-3-30-18(27)8-24-13-5-4-12(20)7-14(13)32-19(24)22-17(26)10-33(28,29)9-16(25)21-15-6-11(2)31-23-15/h4-7H,3,8-10H2,1-2H3,(H,21,23,25). The molecule has 0 bridgehead atoms. The molecule has 14 heteroatoms. The van der Waals surface area contributed by atoms with E-state index >= 15 is 0 Å². The van der Waals surface area contributed by atoms with Gasteiger partial charge in [-0.1, -0.05) is 28.1 Å². The van der Waals surface area contributed by atoms with Gasteiger partial charge in [-0.25, -0.2) is 8.42 Å². The Morgan fingerprint density at radius 1 is 1.27 bits per heavy atom. The fourth-order valence-electron chi connectivity index (χ4n) is 2.80. The lowest BCUT2D eigenvalue weighted by Gasteiger charge is -2.05. The van der Waals surface area contributed by atoms with Gasteiger partial charge in [-0.2, -0.15) is 4.99 Å². The fourth-order valence-corrected chi connectivity index (χ4v) is 5.14. The summed E-state index contributed by atoms with van der Waals surface area (Å²) in [5.74, 6) is -3.85. The van der Waals surface area contributed by atoms with Crippen molar-refractivity contribution in [3.63, 3.8) is 0 Å². The lowest BCUT2D eigenvalue weighted by molar-refractivity contribution is -0.143. The van der Waals surface area contributed by atoms with Gasteiger partial charge in [0.2, 0.25) is 5.91 Å². The minimum Gasteiger partial charge on any atom is -0.465 e. The lowest BCUT2D eigenvalue weighted by atomic mass is 10.3. The van der Waals surface area contributed by atoms with Gasteiger partial charge in [0, 0.05) is 11.1 Å². The summed E-state index contributed by atoms with van der Waals surface area (Å²) in [5.41, 5.74) is 0.578. The summed E-state index contributed by atoms with van der Waals surface area (Å²) in [6.07, 6.45) is 0. The number of hydrogen-bond donors (Lipinski definition) is 1. The maximum absolute atomic E-state index is 12.4. The van der Waals surface area contributed by atoms with E-state index in [4.69, 9.17) is 20.9 Å². The smallest absolute Gasteiger partial charge is 0.326 e. The Bertz CT molecular complexity index is 1390. The van der Waals surface area contributed by atoms with Crippen molar-refractivity contribution in [1.29, 1.82) is 0 Å². The van der Waals surface area contributed by atoms with E-state index in [-0.39, 0.29) is 23.8 Å². The van der Waals surface area contributed by atoms with Crippen LogP contribution in [-0.4, -0.2) is 54.0 Å². The van der Waals surface area contributed by atoms with Crippen LogP contribution in [0.25, 0.3) is 10.2 Å². The SMILES string of the molecule is CCOC(=O)Cn1c(=NC(=O)CS(=O)(=O)CC(=O)Nc2cc(C)on2)sc2cc(Cl)ccc21. The van der Waals surface area contributed by atoms with E-state index in [2.05, 4.69) is 15.5 Å². The number of aromatic nitrogens is 2. The van der Waals surface area contributed by atoms with E-state index in [1.54, 1.807) is 32.0 Å². The Kier molecular flexibility index (Phi) is 7.66. The molecule has 2 aromatic heterocycles. The number of benzene rings is 1. The summed E-state index contributed by atoms with van der Waals surface area (Å²) in [5, 5.41) is 6.26. The number of anilines is 1. The van der Waals surface area contributed by atoms with Crippen molar-refractivity contribution in [3.8, 4) is 0 Å². The number of aryl methyl sites for hydroxylation is 1. The predicted molar refractivity (Wildman–Crippen MR) is 121 cm³/mol. The topological polar surface area (TPSA) is 150 Å². The second-order valence-electron chi connectivity index (χ2n) is 6.80. The van der Waals surface area contributed by atoms with Gasteiger partial charge >= 0.3 is 5.97 Å². The Balaban J connectivity index is 1.81. The van der Waals surface area contributed by atoms with Crippen molar-refractivity contribution in [1.82, 2.24) is 9.72 Å². The maximum Gasteiger partial charge on any atom is 0.326 e. The number of sulfone groups is 1. The number of rotatable bonds is 8. The zero-order valence-corrected chi connectivity index (χ0v) is 19.9. The van der Waals surface area contributed by atoms with E-state index in [1.807, 2.05) is 0 Å². The van der Waals surface area contributed by atoms with Crippen molar-refractivity contribution in [2.75, 3.05) is 23.4 Å². The highest BCUT2D eigenvalue weighted by molar-refractivity contribution is 7.92.